The van der Waals surface area contributed by atoms with Crippen molar-refractivity contribution in [2.45, 2.75) is 30.2 Å². The standard InChI is InChI=1S/C12H16O6/c13-6-8-9(14)12(17,10(15)11(16)18-8)7-4-2-1-3-5-7/h1-5,8-11,13-17H,6H2/t8-,9-,10+,11?,12+/m1/s1. The molecule has 2 rings (SSSR count). The molecule has 1 aromatic carbocycles. The Kier molecular flexibility index (Phi) is 3.67. The third-order valence-corrected chi connectivity index (χ3v) is 3.25. The molecule has 1 aliphatic heterocycles. The summed E-state index contributed by atoms with van der Waals surface area (Å²) in [5.74, 6) is 0. The molecule has 1 unspecified atom stereocenters. The lowest BCUT2D eigenvalue weighted by Crippen LogP contribution is -2.65. The minimum Gasteiger partial charge on any atom is -0.394 e. The van der Waals surface area contributed by atoms with Gasteiger partial charge in [-0.1, -0.05) is 30.3 Å². The van der Waals surface area contributed by atoms with Crippen LogP contribution in [0.15, 0.2) is 30.3 Å². The summed E-state index contributed by atoms with van der Waals surface area (Å²) in [6, 6.07) is 7.99. The molecule has 6 heteroatoms. The number of rotatable bonds is 2. The van der Waals surface area contributed by atoms with Gasteiger partial charge >= 0.3 is 0 Å². The molecule has 0 amide bonds. The molecular weight excluding hydrogens is 240 g/mol. The van der Waals surface area contributed by atoms with Crippen molar-refractivity contribution in [1.82, 2.24) is 0 Å². The first-order chi connectivity index (χ1) is 8.51. The summed E-state index contributed by atoms with van der Waals surface area (Å²) >= 11 is 0. The van der Waals surface area contributed by atoms with Crippen LogP contribution in [-0.4, -0.2) is 56.7 Å². The minimum absolute atomic E-state index is 0.241. The zero-order valence-corrected chi connectivity index (χ0v) is 9.55. The van der Waals surface area contributed by atoms with Crippen LogP contribution in [-0.2, 0) is 10.3 Å². The van der Waals surface area contributed by atoms with Crippen LogP contribution >= 0.6 is 0 Å². The van der Waals surface area contributed by atoms with Gasteiger partial charge < -0.3 is 30.3 Å². The second-order valence-corrected chi connectivity index (χ2v) is 4.33. The Morgan fingerprint density at radius 2 is 1.67 bits per heavy atom. The van der Waals surface area contributed by atoms with Crippen molar-refractivity contribution in [1.29, 1.82) is 0 Å². The van der Waals surface area contributed by atoms with E-state index in [4.69, 9.17) is 9.84 Å². The van der Waals surface area contributed by atoms with Crippen LogP contribution in [0, 0.1) is 0 Å². The van der Waals surface area contributed by atoms with Gasteiger partial charge in [0, 0.05) is 0 Å². The Morgan fingerprint density at radius 3 is 2.22 bits per heavy atom. The van der Waals surface area contributed by atoms with Gasteiger partial charge in [-0.15, -0.1) is 0 Å². The van der Waals surface area contributed by atoms with Crippen LogP contribution < -0.4 is 0 Å². The van der Waals surface area contributed by atoms with Crippen LogP contribution in [0.4, 0.5) is 0 Å². The average Bonchev–Trinajstić information content (AvgIpc) is 2.41. The van der Waals surface area contributed by atoms with Crippen LogP contribution in [0.5, 0.6) is 0 Å². The smallest absolute Gasteiger partial charge is 0.184 e. The van der Waals surface area contributed by atoms with Gasteiger partial charge in [0.25, 0.3) is 0 Å². The van der Waals surface area contributed by atoms with Crippen molar-refractivity contribution in [3.63, 3.8) is 0 Å². The molecule has 6 nitrogen and oxygen atoms in total. The largest absolute Gasteiger partial charge is 0.394 e. The van der Waals surface area contributed by atoms with Crippen LogP contribution in [0.3, 0.4) is 0 Å². The van der Waals surface area contributed by atoms with Gasteiger partial charge in [0.2, 0.25) is 0 Å². The predicted molar refractivity (Wildman–Crippen MR) is 60.3 cm³/mol. The molecule has 0 saturated carbocycles. The first kappa shape index (κ1) is 13.4. The average molecular weight is 256 g/mol. The molecule has 1 saturated heterocycles. The molecule has 5 atom stereocenters. The number of hydrogen-bond acceptors (Lipinski definition) is 6. The van der Waals surface area contributed by atoms with Gasteiger partial charge in [0.05, 0.1) is 6.61 Å². The van der Waals surface area contributed by atoms with Crippen molar-refractivity contribution < 1.29 is 30.3 Å². The molecule has 0 bridgehead atoms. The van der Waals surface area contributed by atoms with Crippen molar-refractivity contribution in [2.24, 2.45) is 0 Å². The minimum atomic E-state index is -2.09. The molecular formula is C12H16O6. The molecule has 5 N–H and O–H groups in total. The summed E-state index contributed by atoms with van der Waals surface area (Å²) in [4.78, 5) is 0. The molecule has 1 aromatic rings. The van der Waals surface area contributed by atoms with E-state index in [-0.39, 0.29) is 5.56 Å². The van der Waals surface area contributed by atoms with E-state index >= 15 is 0 Å². The Labute approximate surface area is 104 Å². The van der Waals surface area contributed by atoms with E-state index in [1.165, 1.54) is 12.1 Å². The summed E-state index contributed by atoms with van der Waals surface area (Å²) in [6.07, 6.45) is -6.12. The van der Waals surface area contributed by atoms with E-state index in [0.717, 1.165) is 0 Å². The molecule has 0 radical (unpaired) electrons. The highest BCUT2D eigenvalue weighted by Crippen LogP contribution is 2.37. The first-order valence-electron chi connectivity index (χ1n) is 5.60. The summed E-state index contributed by atoms with van der Waals surface area (Å²) in [5.41, 5.74) is -1.85. The van der Waals surface area contributed by atoms with Crippen molar-refractivity contribution in [3.05, 3.63) is 35.9 Å². The normalized spacial score (nSPS) is 40.7. The highest BCUT2D eigenvalue weighted by molar-refractivity contribution is 5.27. The maximum absolute atomic E-state index is 10.5. The van der Waals surface area contributed by atoms with Crippen molar-refractivity contribution in [2.75, 3.05) is 6.61 Å². The predicted octanol–water partition coefficient (Wildman–Crippen LogP) is -1.69. The van der Waals surface area contributed by atoms with E-state index < -0.39 is 36.8 Å². The lowest BCUT2D eigenvalue weighted by Gasteiger charge is -2.46. The molecule has 100 valence electrons. The fraction of sp³-hybridized carbons (Fsp3) is 0.500. The van der Waals surface area contributed by atoms with E-state index in [1.807, 2.05) is 0 Å². The van der Waals surface area contributed by atoms with Crippen LogP contribution in [0.25, 0.3) is 0 Å². The molecule has 1 heterocycles. The van der Waals surface area contributed by atoms with Crippen molar-refractivity contribution in [3.8, 4) is 0 Å². The Morgan fingerprint density at radius 1 is 1.06 bits per heavy atom. The third kappa shape index (κ3) is 1.93. The Hall–Kier alpha value is -1.02. The van der Waals surface area contributed by atoms with Gasteiger partial charge in [-0.3, -0.25) is 0 Å². The van der Waals surface area contributed by atoms with E-state index in [1.54, 1.807) is 18.2 Å². The third-order valence-electron chi connectivity index (χ3n) is 3.25. The molecule has 1 fully saturated rings. The lowest BCUT2D eigenvalue weighted by atomic mass is 9.78. The SMILES string of the molecule is OC[C@H]1OC(O)[C@H](O)[C@](O)(c2ccccc2)[C@@H]1O. The molecule has 0 aromatic heterocycles. The maximum atomic E-state index is 10.5. The first-order valence-corrected chi connectivity index (χ1v) is 5.60. The fourth-order valence-electron chi connectivity index (χ4n) is 2.19. The molecule has 0 spiro atoms. The summed E-state index contributed by atoms with van der Waals surface area (Å²) in [5, 5.41) is 49.0. The van der Waals surface area contributed by atoms with Gasteiger partial charge in [0.1, 0.15) is 23.9 Å². The van der Waals surface area contributed by atoms with Gasteiger partial charge in [-0.25, -0.2) is 0 Å². The van der Waals surface area contributed by atoms with Gasteiger partial charge in [-0.05, 0) is 5.56 Å². The topological polar surface area (TPSA) is 110 Å². The molecule has 18 heavy (non-hydrogen) atoms. The lowest BCUT2D eigenvalue weighted by molar-refractivity contribution is -0.326. The van der Waals surface area contributed by atoms with E-state index in [9.17, 15) is 20.4 Å². The monoisotopic (exact) mass is 256 g/mol. The molecule has 0 aliphatic carbocycles. The summed E-state index contributed by atoms with van der Waals surface area (Å²) in [7, 11) is 0. The number of ether oxygens (including phenoxy) is 1. The number of hydrogen-bond donors (Lipinski definition) is 5. The second kappa shape index (κ2) is 4.93. The summed E-state index contributed by atoms with van der Waals surface area (Å²) < 4.78 is 4.82. The Balaban J connectivity index is 2.43. The Bertz CT molecular complexity index is 397. The molecule has 1 aliphatic rings. The zero-order chi connectivity index (χ0) is 13.3. The fourth-order valence-corrected chi connectivity index (χ4v) is 2.19. The van der Waals surface area contributed by atoms with Crippen LogP contribution in [0.2, 0.25) is 0 Å². The van der Waals surface area contributed by atoms with E-state index in [0.29, 0.717) is 0 Å². The summed E-state index contributed by atoms with van der Waals surface area (Å²) in [6.45, 7) is -0.583. The number of aliphatic hydroxyl groups excluding tert-OH is 4. The number of benzene rings is 1. The van der Waals surface area contributed by atoms with E-state index in [2.05, 4.69) is 0 Å². The van der Waals surface area contributed by atoms with Crippen molar-refractivity contribution >= 4 is 0 Å². The van der Waals surface area contributed by atoms with Gasteiger partial charge in [-0.2, -0.15) is 0 Å². The quantitative estimate of drug-likeness (QED) is 0.431. The zero-order valence-electron chi connectivity index (χ0n) is 9.55. The highest BCUT2D eigenvalue weighted by Gasteiger charge is 2.55. The maximum Gasteiger partial charge on any atom is 0.184 e. The highest BCUT2D eigenvalue weighted by atomic mass is 16.6. The second-order valence-electron chi connectivity index (χ2n) is 4.33. The van der Waals surface area contributed by atoms with Gasteiger partial charge in [0.15, 0.2) is 6.29 Å². The number of aliphatic hydroxyl groups is 5. The van der Waals surface area contributed by atoms with Crippen LogP contribution in [0.1, 0.15) is 5.56 Å².